The van der Waals surface area contributed by atoms with Gasteiger partial charge in [0.2, 0.25) is 0 Å². The molecule has 0 aliphatic heterocycles. The van der Waals surface area contributed by atoms with Gasteiger partial charge in [0.1, 0.15) is 0 Å². The molecule has 3 fully saturated rings. The van der Waals surface area contributed by atoms with E-state index in [-0.39, 0.29) is 0 Å². The highest BCUT2D eigenvalue weighted by molar-refractivity contribution is 5.05. The fraction of sp³-hybridized carbons (Fsp3) is 1.00. The molecule has 2 bridgehead atoms. The van der Waals surface area contributed by atoms with Crippen LogP contribution in [-0.4, -0.2) is 0 Å². The molecular formula is C17H34. The van der Waals surface area contributed by atoms with Crippen molar-refractivity contribution in [3.8, 4) is 0 Å². The van der Waals surface area contributed by atoms with Crippen molar-refractivity contribution in [2.75, 3.05) is 0 Å². The minimum absolute atomic E-state index is 0.698. The van der Waals surface area contributed by atoms with Crippen LogP contribution in [0.2, 0.25) is 0 Å². The Morgan fingerprint density at radius 1 is 0.824 bits per heavy atom. The molecule has 0 heterocycles. The van der Waals surface area contributed by atoms with E-state index < -0.39 is 0 Å². The number of rotatable bonds is 0. The highest BCUT2D eigenvalue weighted by Crippen LogP contribution is 2.64. The Morgan fingerprint density at radius 3 is 1.94 bits per heavy atom. The van der Waals surface area contributed by atoms with Gasteiger partial charge in [-0.05, 0) is 54.8 Å². The molecule has 4 unspecified atom stereocenters. The van der Waals surface area contributed by atoms with Crippen LogP contribution in [0.1, 0.15) is 80.1 Å². The first-order chi connectivity index (χ1) is 8.18. The van der Waals surface area contributed by atoms with Gasteiger partial charge in [-0.15, -0.1) is 0 Å². The normalized spacial score (nSPS) is 40.6. The topological polar surface area (TPSA) is 0 Å². The first-order valence-corrected chi connectivity index (χ1v) is 8.18. The van der Waals surface area contributed by atoms with Gasteiger partial charge in [0.05, 0.1) is 0 Å². The molecule has 3 rings (SSSR count). The van der Waals surface area contributed by atoms with Gasteiger partial charge in [0.15, 0.2) is 0 Å². The molecule has 3 aliphatic carbocycles. The predicted molar refractivity (Wildman–Crippen MR) is 78.1 cm³/mol. The summed E-state index contributed by atoms with van der Waals surface area (Å²) in [7, 11) is 0. The van der Waals surface area contributed by atoms with Crippen molar-refractivity contribution in [1.29, 1.82) is 0 Å². The molecule has 0 radical (unpaired) electrons. The Labute approximate surface area is 110 Å². The fourth-order valence-electron chi connectivity index (χ4n) is 4.91. The van der Waals surface area contributed by atoms with Crippen LogP contribution in [0.5, 0.6) is 0 Å². The minimum atomic E-state index is 0.698. The molecular weight excluding hydrogens is 204 g/mol. The first-order valence-electron chi connectivity index (χ1n) is 8.18. The van der Waals surface area contributed by atoms with Crippen LogP contribution in [0.3, 0.4) is 0 Å². The van der Waals surface area contributed by atoms with Crippen LogP contribution >= 0.6 is 0 Å². The van der Waals surface area contributed by atoms with Gasteiger partial charge in [0, 0.05) is 0 Å². The molecule has 3 aliphatic rings. The average molecular weight is 238 g/mol. The van der Waals surface area contributed by atoms with Crippen LogP contribution in [0.15, 0.2) is 0 Å². The highest BCUT2D eigenvalue weighted by Gasteiger charge is 2.55. The summed E-state index contributed by atoms with van der Waals surface area (Å²) in [4.78, 5) is 0. The summed E-state index contributed by atoms with van der Waals surface area (Å²) in [6, 6.07) is 0. The lowest BCUT2D eigenvalue weighted by Gasteiger charge is -2.43. The molecule has 3 saturated carbocycles. The van der Waals surface area contributed by atoms with E-state index in [0.29, 0.717) is 5.41 Å². The molecule has 0 spiro atoms. The maximum atomic E-state index is 2.52. The summed E-state index contributed by atoms with van der Waals surface area (Å²) in [5.74, 6) is 4.53. The van der Waals surface area contributed by atoms with Crippen LogP contribution in [0.25, 0.3) is 0 Å². The minimum Gasteiger partial charge on any atom is -0.0683 e. The quantitative estimate of drug-likeness (QED) is 0.492. The van der Waals surface area contributed by atoms with Crippen molar-refractivity contribution in [2.45, 2.75) is 80.1 Å². The Balaban J connectivity index is 0.000000330. The Bertz CT molecular complexity index is 216. The molecule has 0 aromatic heterocycles. The zero-order valence-electron chi connectivity index (χ0n) is 13.1. The number of hydrogen-bond donors (Lipinski definition) is 0. The van der Waals surface area contributed by atoms with E-state index >= 15 is 0 Å². The van der Waals surface area contributed by atoms with Gasteiger partial charge >= 0.3 is 0 Å². The maximum Gasteiger partial charge on any atom is -0.0320 e. The molecule has 0 amide bonds. The SMILES string of the molecule is CC.CC.CC1(C)CC2CC1C1CCCCC21. The molecule has 4 atom stereocenters. The van der Waals surface area contributed by atoms with E-state index in [1.807, 2.05) is 27.7 Å². The summed E-state index contributed by atoms with van der Waals surface area (Å²) in [6.07, 6.45) is 9.32. The van der Waals surface area contributed by atoms with Crippen molar-refractivity contribution in [1.82, 2.24) is 0 Å². The third kappa shape index (κ3) is 2.71. The lowest BCUT2D eigenvalue weighted by molar-refractivity contribution is 0.0663. The number of fused-ring (bicyclic) bond motifs is 5. The standard InChI is InChI=1S/C13H22.2C2H6/c1-13(2)8-9-7-12(13)11-6-4-3-5-10(9)11;2*1-2/h9-12H,3-8H2,1-2H3;2*1-2H3. The second-order valence-corrected chi connectivity index (χ2v) is 6.41. The zero-order valence-corrected chi connectivity index (χ0v) is 13.1. The lowest BCUT2D eigenvalue weighted by atomic mass is 9.62. The van der Waals surface area contributed by atoms with E-state index in [9.17, 15) is 0 Å². The molecule has 0 heteroatoms. The number of hydrogen-bond acceptors (Lipinski definition) is 0. The smallest absolute Gasteiger partial charge is 0.0320 e. The van der Waals surface area contributed by atoms with Crippen molar-refractivity contribution in [3.05, 3.63) is 0 Å². The monoisotopic (exact) mass is 238 g/mol. The summed E-state index contributed by atoms with van der Waals surface area (Å²) >= 11 is 0. The van der Waals surface area contributed by atoms with E-state index in [1.165, 1.54) is 12.8 Å². The van der Waals surface area contributed by atoms with Gasteiger partial charge in [-0.3, -0.25) is 0 Å². The molecule has 0 aromatic rings. The van der Waals surface area contributed by atoms with Gasteiger partial charge in [-0.25, -0.2) is 0 Å². The second-order valence-electron chi connectivity index (χ2n) is 6.41. The van der Waals surface area contributed by atoms with E-state index in [0.717, 1.165) is 23.7 Å². The fourth-order valence-corrected chi connectivity index (χ4v) is 4.91. The van der Waals surface area contributed by atoms with Crippen LogP contribution < -0.4 is 0 Å². The zero-order chi connectivity index (χ0) is 13.1. The van der Waals surface area contributed by atoms with E-state index in [1.54, 1.807) is 25.7 Å². The molecule has 0 aromatic carbocycles. The van der Waals surface area contributed by atoms with Crippen molar-refractivity contribution in [2.24, 2.45) is 29.1 Å². The Kier molecular flexibility index (Phi) is 5.54. The predicted octanol–water partition coefficient (Wildman–Crippen LogP) is 5.91. The third-order valence-electron chi connectivity index (χ3n) is 5.35. The summed E-state index contributed by atoms with van der Waals surface area (Å²) < 4.78 is 0. The summed E-state index contributed by atoms with van der Waals surface area (Å²) in [6.45, 7) is 13.0. The van der Waals surface area contributed by atoms with E-state index in [2.05, 4.69) is 13.8 Å². The van der Waals surface area contributed by atoms with Gasteiger partial charge in [-0.2, -0.15) is 0 Å². The molecule has 0 saturated heterocycles. The van der Waals surface area contributed by atoms with Crippen LogP contribution in [0, 0.1) is 29.1 Å². The third-order valence-corrected chi connectivity index (χ3v) is 5.35. The van der Waals surface area contributed by atoms with Crippen LogP contribution in [0.4, 0.5) is 0 Å². The van der Waals surface area contributed by atoms with Gasteiger partial charge in [0.25, 0.3) is 0 Å². The second kappa shape index (κ2) is 6.25. The van der Waals surface area contributed by atoms with Crippen molar-refractivity contribution >= 4 is 0 Å². The Hall–Kier alpha value is 0. The first kappa shape index (κ1) is 15.1. The van der Waals surface area contributed by atoms with Crippen molar-refractivity contribution in [3.63, 3.8) is 0 Å². The molecule has 0 nitrogen and oxygen atoms in total. The van der Waals surface area contributed by atoms with Crippen LogP contribution in [-0.2, 0) is 0 Å². The molecule has 17 heavy (non-hydrogen) atoms. The maximum absolute atomic E-state index is 2.52. The average Bonchev–Trinajstić information content (AvgIpc) is 2.88. The highest BCUT2D eigenvalue weighted by atomic mass is 14.6. The summed E-state index contributed by atoms with van der Waals surface area (Å²) in [5, 5.41) is 0. The molecule has 102 valence electrons. The van der Waals surface area contributed by atoms with Gasteiger partial charge in [-0.1, -0.05) is 54.4 Å². The van der Waals surface area contributed by atoms with E-state index in [4.69, 9.17) is 0 Å². The lowest BCUT2D eigenvalue weighted by Crippen LogP contribution is -2.35. The largest absolute Gasteiger partial charge is 0.0683 e. The molecule has 0 N–H and O–H groups in total. The van der Waals surface area contributed by atoms with Crippen molar-refractivity contribution < 1.29 is 0 Å². The summed E-state index contributed by atoms with van der Waals surface area (Å²) in [5.41, 5.74) is 0.698. The van der Waals surface area contributed by atoms with Gasteiger partial charge < -0.3 is 0 Å². The Morgan fingerprint density at radius 2 is 1.35 bits per heavy atom.